The molecule has 0 unspecified atom stereocenters. The molecule has 2 aromatic rings. The Morgan fingerprint density at radius 3 is 2.38 bits per heavy atom. The molecule has 6 nitrogen and oxygen atoms in total. The number of piperidine rings is 1. The summed E-state index contributed by atoms with van der Waals surface area (Å²) in [7, 11) is 1.53. The minimum atomic E-state index is -0.933. The van der Waals surface area contributed by atoms with Crippen LogP contribution in [0, 0.1) is 11.6 Å². The van der Waals surface area contributed by atoms with E-state index < -0.39 is 17.2 Å². The van der Waals surface area contributed by atoms with Crippen molar-refractivity contribution >= 4 is 11.9 Å². The largest absolute Gasteiger partial charge is 0.383 e. The lowest BCUT2D eigenvalue weighted by molar-refractivity contribution is -0.136. The maximum absolute atomic E-state index is 14.1. The number of methoxy groups -OCH3 is 1. The fraction of sp³-hybridized carbons (Fsp3) is 0.417. The molecule has 170 valence electrons. The first-order chi connectivity index (χ1) is 15.5. The van der Waals surface area contributed by atoms with Crippen molar-refractivity contribution < 1.29 is 23.1 Å². The Bertz CT molecular complexity index is 978. The number of carbonyl (C=O) groups excluding carboxylic acids is 2. The van der Waals surface area contributed by atoms with Crippen LogP contribution in [0.2, 0.25) is 0 Å². The number of ether oxygens (including phenoxy) is 1. The number of amides is 3. The number of hydrogen-bond donors (Lipinski definition) is 0. The zero-order chi connectivity index (χ0) is 22.7. The van der Waals surface area contributed by atoms with Crippen molar-refractivity contribution in [1.29, 1.82) is 0 Å². The van der Waals surface area contributed by atoms with Crippen LogP contribution in [-0.2, 0) is 22.6 Å². The van der Waals surface area contributed by atoms with Crippen LogP contribution in [0.15, 0.2) is 48.5 Å². The second-order valence-corrected chi connectivity index (χ2v) is 8.32. The third-order valence-corrected chi connectivity index (χ3v) is 6.43. The minimum Gasteiger partial charge on any atom is -0.383 e. The molecule has 0 atom stereocenters. The molecular weight excluding hydrogens is 416 g/mol. The zero-order valence-corrected chi connectivity index (χ0v) is 18.1. The van der Waals surface area contributed by atoms with E-state index >= 15 is 0 Å². The molecular formula is C24H27F2N3O3. The number of imide groups is 1. The Labute approximate surface area is 186 Å². The van der Waals surface area contributed by atoms with Crippen molar-refractivity contribution in [2.24, 2.45) is 0 Å². The Balaban J connectivity index is 1.54. The van der Waals surface area contributed by atoms with Crippen LogP contribution in [0.4, 0.5) is 13.6 Å². The maximum atomic E-state index is 14.1. The standard InChI is InChI=1S/C24H27F2N3O3/c1-32-15-14-28-22(30)24(29(23(28)31)16-18-6-3-2-4-7-18)10-12-27(13-11-24)17-19-8-5-9-20(25)21(19)26/h2-9H,10-17H2,1H3. The third kappa shape index (κ3) is 4.12. The number of benzene rings is 2. The third-order valence-electron chi connectivity index (χ3n) is 6.43. The Kier molecular flexibility index (Phi) is 6.53. The van der Waals surface area contributed by atoms with Gasteiger partial charge in [0.15, 0.2) is 11.6 Å². The Hall–Kier alpha value is -2.84. The summed E-state index contributed by atoms with van der Waals surface area (Å²) in [5, 5.41) is 0. The molecule has 2 aliphatic rings. The van der Waals surface area contributed by atoms with Crippen molar-refractivity contribution in [1.82, 2.24) is 14.7 Å². The molecule has 0 aliphatic carbocycles. The number of urea groups is 1. The molecule has 2 saturated heterocycles. The molecule has 0 aromatic heterocycles. The fourth-order valence-electron chi connectivity index (χ4n) is 4.62. The van der Waals surface area contributed by atoms with E-state index in [1.54, 1.807) is 11.0 Å². The SMILES string of the molecule is COCCN1C(=O)N(Cc2ccccc2)C2(CCN(Cc3cccc(F)c3F)CC2)C1=O. The highest BCUT2D eigenvalue weighted by Crippen LogP contribution is 2.38. The van der Waals surface area contributed by atoms with Crippen molar-refractivity contribution in [3.05, 3.63) is 71.3 Å². The van der Waals surface area contributed by atoms with Crippen LogP contribution < -0.4 is 0 Å². The summed E-state index contributed by atoms with van der Waals surface area (Å²) in [5.74, 6) is -1.90. The average molecular weight is 443 g/mol. The van der Waals surface area contributed by atoms with E-state index in [0.29, 0.717) is 32.5 Å². The zero-order valence-electron chi connectivity index (χ0n) is 18.1. The molecule has 0 bridgehead atoms. The van der Waals surface area contributed by atoms with E-state index in [2.05, 4.69) is 0 Å². The second kappa shape index (κ2) is 9.34. The number of rotatable bonds is 7. The van der Waals surface area contributed by atoms with Gasteiger partial charge in [-0.1, -0.05) is 42.5 Å². The van der Waals surface area contributed by atoms with Gasteiger partial charge in [0.2, 0.25) is 0 Å². The first-order valence-corrected chi connectivity index (χ1v) is 10.8. The van der Waals surface area contributed by atoms with Gasteiger partial charge in [0, 0.05) is 38.9 Å². The molecule has 2 aromatic carbocycles. The normalized spacial score (nSPS) is 18.7. The molecule has 4 rings (SSSR count). The molecule has 2 aliphatic heterocycles. The van der Waals surface area contributed by atoms with Gasteiger partial charge in [-0.15, -0.1) is 0 Å². The molecule has 0 radical (unpaired) electrons. The van der Waals surface area contributed by atoms with Crippen molar-refractivity contribution in [2.45, 2.75) is 31.5 Å². The van der Waals surface area contributed by atoms with Gasteiger partial charge in [0.1, 0.15) is 5.54 Å². The monoisotopic (exact) mass is 443 g/mol. The molecule has 2 heterocycles. The van der Waals surface area contributed by atoms with Gasteiger partial charge in [-0.3, -0.25) is 14.6 Å². The van der Waals surface area contributed by atoms with Crippen molar-refractivity contribution in [2.75, 3.05) is 33.4 Å². The maximum Gasteiger partial charge on any atom is 0.328 e. The van der Waals surface area contributed by atoms with Crippen LogP contribution >= 0.6 is 0 Å². The predicted octanol–water partition coefficient (Wildman–Crippen LogP) is 3.41. The van der Waals surface area contributed by atoms with E-state index in [1.807, 2.05) is 35.2 Å². The number of hydrogen-bond acceptors (Lipinski definition) is 4. The van der Waals surface area contributed by atoms with Gasteiger partial charge in [-0.2, -0.15) is 0 Å². The molecule has 3 amide bonds. The van der Waals surface area contributed by atoms with Crippen molar-refractivity contribution in [3.8, 4) is 0 Å². The van der Waals surface area contributed by atoms with Gasteiger partial charge < -0.3 is 9.64 Å². The summed E-state index contributed by atoms with van der Waals surface area (Å²) in [4.78, 5) is 31.6. The topological polar surface area (TPSA) is 53.1 Å². The van der Waals surface area contributed by atoms with Gasteiger partial charge >= 0.3 is 6.03 Å². The van der Waals surface area contributed by atoms with E-state index in [-0.39, 0.29) is 37.2 Å². The van der Waals surface area contributed by atoms with Gasteiger partial charge in [-0.25, -0.2) is 13.6 Å². The van der Waals surface area contributed by atoms with Crippen LogP contribution in [-0.4, -0.2) is 65.5 Å². The molecule has 32 heavy (non-hydrogen) atoms. The lowest BCUT2D eigenvalue weighted by atomic mass is 9.85. The van der Waals surface area contributed by atoms with Crippen LogP contribution in [0.5, 0.6) is 0 Å². The van der Waals surface area contributed by atoms with Gasteiger partial charge in [0.05, 0.1) is 13.2 Å². The van der Waals surface area contributed by atoms with Crippen molar-refractivity contribution in [3.63, 3.8) is 0 Å². The first kappa shape index (κ1) is 22.4. The van der Waals surface area contributed by atoms with Crippen LogP contribution in [0.25, 0.3) is 0 Å². The van der Waals surface area contributed by atoms with E-state index in [0.717, 1.165) is 11.6 Å². The van der Waals surface area contributed by atoms with Gasteiger partial charge in [0.25, 0.3) is 5.91 Å². The van der Waals surface area contributed by atoms with E-state index in [9.17, 15) is 18.4 Å². The summed E-state index contributed by atoms with van der Waals surface area (Å²) in [5.41, 5.74) is 0.306. The quantitative estimate of drug-likeness (QED) is 0.616. The summed E-state index contributed by atoms with van der Waals surface area (Å²) in [6.07, 6.45) is 0.871. The summed E-state index contributed by atoms with van der Waals surface area (Å²) in [6, 6.07) is 13.5. The highest BCUT2D eigenvalue weighted by molar-refractivity contribution is 6.07. The molecule has 1 spiro atoms. The van der Waals surface area contributed by atoms with Crippen LogP contribution in [0.3, 0.4) is 0 Å². The minimum absolute atomic E-state index is 0.202. The number of nitrogens with zero attached hydrogens (tertiary/aromatic N) is 3. The number of likely N-dealkylation sites (tertiary alicyclic amines) is 1. The second-order valence-electron chi connectivity index (χ2n) is 8.32. The van der Waals surface area contributed by atoms with Crippen LogP contribution in [0.1, 0.15) is 24.0 Å². The van der Waals surface area contributed by atoms with E-state index in [4.69, 9.17) is 4.74 Å². The van der Waals surface area contributed by atoms with Gasteiger partial charge in [-0.05, 0) is 24.5 Å². The average Bonchev–Trinajstić information content (AvgIpc) is 2.99. The number of halogens is 2. The lowest BCUT2D eigenvalue weighted by Gasteiger charge is -2.42. The Morgan fingerprint density at radius 1 is 0.969 bits per heavy atom. The molecule has 0 saturated carbocycles. The Morgan fingerprint density at radius 2 is 1.69 bits per heavy atom. The number of carbonyl (C=O) groups is 2. The smallest absolute Gasteiger partial charge is 0.328 e. The fourth-order valence-corrected chi connectivity index (χ4v) is 4.62. The predicted molar refractivity (Wildman–Crippen MR) is 115 cm³/mol. The van der Waals surface area contributed by atoms with E-state index in [1.165, 1.54) is 18.1 Å². The highest BCUT2D eigenvalue weighted by atomic mass is 19.2. The highest BCUT2D eigenvalue weighted by Gasteiger charge is 2.57. The summed E-state index contributed by atoms with van der Waals surface area (Å²) >= 11 is 0. The summed E-state index contributed by atoms with van der Waals surface area (Å²) in [6.45, 7) is 2.08. The first-order valence-electron chi connectivity index (χ1n) is 10.8. The summed E-state index contributed by atoms with van der Waals surface area (Å²) < 4.78 is 32.8. The molecule has 0 N–H and O–H groups in total. The molecule has 2 fully saturated rings. The molecule has 8 heteroatoms. The lowest BCUT2D eigenvalue weighted by Crippen LogP contribution is -2.56.